The fraction of sp³-hybridized carbons (Fsp3) is 0.367. The maximum absolute atomic E-state index is 12.5. The summed E-state index contributed by atoms with van der Waals surface area (Å²) < 4.78 is 34.2. The molecule has 1 fully saturated rings. The van der Waals surface area contributed by atoms with E-state index in [1.165, 1.54) is 0 Å². The number of fused-ring (bicyclic) bond motifs is 1. The highest BCUT2D eigenvalue weighted by Crippen LogP contribution is 2.36. The molecule has 1 aliphatic heterocycles. The van der Waals surface area contributed by atoms with Gasteiger partial charge in [0, 0.05) is 29.6 Å². The van der Waals surface area contributed by atoms with E-state index in [0.29, 0.717) is 41.0 Å². The first-order valence-electron chi connectivity index (χ1n) is 13.6. The van der Waals surface area contributed by atoms with Crippen molar-refractivity contribution in [3.05, 3.63) is 71.9 Å². The van der Waals surface area contributed by atoms with E-state index in [-0.39, 0.29) is 17.7 Å². The van der Waals surface area contributed by atoms with Crippen molar-refractivity contribution in [1.29, 1.82) is 0 Å². The first kappa shape index (κ1) is 29.2. The average Bonchev–Trinajstić information content (AvgIpc) is 2.92. The van der Waals surface area contributed by atoms with E-state index in [0.717, 1.165) is 35.8 Å². The first-order valence-corrected chi connectivity index (χ1v) is 15.2. The summed E-state index contributed by atoms with van der Waals surface area (Å²) >= 11 is 0. The number of aromatic nitrogens is 2. The van der Waals surface area contributed by atoms with Crippen LogP contribution in [0, 0.1) is 12.8 Å². The van der Waals surface area contributed by atoms with Crippen LogP contribution in [0.15, 0.2) is 65.6 Å². The Hall–Kier alpha value is -3.76. The molecule has 0 unspecified atom stereocenters. The van der Waals surface area contributed by atoms with Gasteiger partial charge in [-0.05, 0) is 63.6 Å². The van der Waals surface area contributed by atoms with Crippen LogP contribution in [0.1, 0.15) is 44.9 Å². The zero-order chi connectivity index (χ0) is 28.7. The van der Waals surface area contributed by atoms with Gasteiger partial charge in [0.1, 0.15) is 5.75 Å². The standard InChI is InChI=1S/C30H38N6O3S/c1-6-9-25(26-14-15-33-30(35-26)34-22-17-20(3)18-32-19-22)29(31-5)39-28-21(4)12-13-23-24(28)10-8-11-27(23)36-40(37,38)16-7-2/h6,8-15,20,22,32,36H,5,7,16-19H2,1-4H3,(H,33,34,35)/b9-6-,29-25-/t20-,22+/m1/s1. The lowest BCUT2D eigenvalue weighted by Crippen LogP contribution is -2.42. The number of anilines is 2. The van der Waals surface area contributed by atoms with E-state index in [4.69, 9.17) is 9.72 Å². The minimum absolute atomic E-state index is 0.0463. The Morgan fingerprint density at radius 1 is 1.23 bits per heavy atom. The fourth-order valence-corrected chi connectivity index (χ4v) is 6.03. The third kappa shape index (κ3) is 7.05. The third-order valence-corrected chi connectivity index (χ3v) is 8.17. The van der Waals surface area contributed by atoms with Gasteiger partial charge in [-0.2, -0.15) is 0 Å². The van der Waals surface area contributed by atoms with E-state index in [2.05, 4.69) is 39.0 Å². The molecule has 3 aromatic rings. The Kier molecular flexibility index (Phi) is 9.54. The number of nitrogens with zero attached hydrogens (tertiary/aromatic N) is 3. The van der Waals surface area contributed by atoms with Crippen molar-refractivity contribution in [2.24, 2.45) is 10.9 Å². The molecule has 0 radical (unpaired) electrons. The molecule has 10 heteroatoms. The summed E-state index contributed by atoms with van der Waals surface area (Å²) in [6.45, 7) is 13.6. The van der Waals surface area contributed by atoms with Gasteiger partial charge in [-0.3, -0.25) is 4.72 Å². The highest BCUT2D eigenvalue weighted by molar-refractivity contribution is 7.92. The molecule has 2 atom stereocenters. The summed E-state index contributed by atoms with van der Waals surface area (Å²) in [5.41, 5.74) is 2.65. The van der Waals surface area contributed by atoms with Crippen molar-refractivity contribution in [2.75, 3.05) is 28.9 Å². The monoisotopic (exact) mass is 562 g/mol. The molecule has 3 N–H and O–H groups in total. The predicted molar refractivity (Wildman–Crippen MR) is 164 cm³/mol. The molecule has 0 aliphatic carbocycles. The number of benzene rings is 2. The van der Waals surface area contributed by atoms with Crippen molar-refractivity contribution in [3.63, 3.8) is 0 Å². The molecule has 2 heterocycles. The largest absolute Gasteiger partial charge is 0.437 e. The SMILES string of the molecule is C=N/C(Oc1c(C)ccc2c(NS(=O)(=O)CCC)cccc12)=C(\C=C/C)c1ccnc(N[C@@H]2CNC[C@H](C)C2)n1. The number of allylic oxidation sites excluding steroid dienone is 3. The minimum atomic E-state index is -3.46. The van der Waals surface area contributed by atoms with Crippen LogP contribution in [0.25, 0.3) is 16.3 Å². The van der Waals surface area contributed by atoms with Gasteiger partial charge >= 0.3 is 0 Å². The van der Waals surface area contributed by atoms with Gasteiger partial charge in [0.25, 0.3) is 0 Å². The fourth-order valence-electron chi connectivity index (χ4n) is 4.88. The molecule has 4 rings (SSSR count). The van der Waals surface area contributed by atoms with Crippen LogP contribution in [-0.4, -0.2) is 50.0 Å². The maximum atomic E-state index is 12.5. The number of aliphatic imine (C=N–C) groups is 1. The zero-order valence-electron chi connectivity index (χ0n) is 23.6. The quantitative estimate of drug-likeness (QED) is 0.160. The Labute approximate surface area is 236 Å². The van der Waals surface area contributed by atoms with Crippen LogP contribution in [0.3, 0.4) is 0 Å². The van der Waals surface area contributed by atoms with Gasteiger partial charge < -0.3 is 15.4 Å². The molecule has 212 valence electrons. The smallest absolute Gasteiger partial charge is 0.232 e. The number of piperidine rings is 1. The summed E-state index contributed by atoms with van der Waals surface area (Å²) in [4.78, 5) is 13.5. The van der Waals surface area contributed by atoms with Gasteiger partial charge in [0.2, 0.25) is 21.9 Å². The predicted octanol–water partition coefficient (Wildman–Crippen LogP) is 5.52. The molecule has 1 aliphatic rings. The highest BCUT2D eigenvalue weighted by Gasteiger charge is 2.20. The Morgan fingerprint density at radius 2 is 2.05 bits per heavy atom. The molecule has 2 aromatic carbocycles. The molecule has 0 amide bonds. The summed E-state index contributed by atoms with van der Waals surface area (Å²) in [6, 6.07) is 11.3. The third-order valence-electron chi connectivity index (χ3n) is 6.69. The van der Waals surface area contributed by atoms with Gasteiger partial charge in [-0.15, -0.1) is 0 Å². The minimum Gasteiger partial charge on any atom is -0.437 e. The van der Waals surface area contributed by atoms with Gasteiger partial charge in [0.15, 0.2) is 0 Å². The van der Waals surface area contributed by atoms with Gasteiger partial charge in [-0.1, -0.05) is 50.3 Å². The van der Waals surface area contributed by atoms with Crippen molar-refractivity contribution in [2.45, 2.75) is 46.6 Å². The van der Waals surface area contributed by atoms with Crippen LogP contribution < -0.4 is 20.1 Å². The normalized spacial score (nSPS) is 18.4. The molecule has 1 aromatic heterocycles. The maximum Gasteiger partial charge on any atom is 0.232 e. The highest BCUT2D eigenvalue weighted by atomic mass is 32.2. The second-order valence-corrected chi connectivity index (χ2v) is 12.0. The van der Waals surface area contributed by atoms with Crippen molar-refractivity contribution >= 4 is 44.7 Å². The summed E-state index contributed by atoms with van der Waals surface area (Å²) in [6.07, 6.45) is 7.05. The Morgan fingerprint density at radius 3 is 2.77 bits per heavy atom. The van der Waals surface area contributed by atoms with E-state index in [1.807, 2.05) is 57.2 Å². The topological polar surface area (TPSA) is 118 Å². The number of sulfonamides is 1. The lowest BCUT2D eigenvalue weighted by Gasteiger charge is -2.28. The molecule has 0 saturated carbocycles. The molecule has 40 heavy (non-hydrogen) atoms. The second kappa shape index (κ2) is 13.1. The second-order valence-electron chi connectivity index (χ2n) is 10.1. The molecule has 9 nitrogen and oxygen atoms in total. The number of hydrogen-bond donors (Lipinski definition) is 3. The number of ether oxygens (including phenoxy) is 1. The van der Waals surface area contributed by atoms with Crippen molar-refractivity contribution in [3.8, 4) is 5.75 Å². The molecule has 0 bridgehead atoms. The molecular formula is C30H38N6O3S. The van der Waals surface area contributed by atoms with E-state index >= 15 is 0 Å². The first-order chi connectivity index (χ1) is 19.2. The van der Waals surface area contributed by atoms with Crippen LogP contribution in [0.4, 0.5) is 11.6 Å². The summed E-state index contributed by atoms with van der Waals surface area (Å²) in [7, 11) is -3.46. The molecule has 1 saturated heterocycles. The number of aryl methyl sites for hydroxylation is 1. The van der Waals surface area contributed by atoms with Crippen LogP contribution >= 0.6 is 0 Å². The van der Waals surface area contributed by atoms with Crippen LogP contribution in [0.2, 0.25) is 0 Å². The summed E-state index contributed by atoms with van der Waals surface area (Å²) in [5.74, 6) is 2.00. The van der Waals surface area contributed by atoms with Crippen LogP contribution in [-0.2, 0) is 10.0 Å². The number of hydrogen-bond acceptors (Lipinski definition) is 8. The van der Waals surface area contributed by atoms with Gasteiger partial charge in [0.05, 0.1) is 22.7 Å². The molecule has 0 spiro atoms. The van der Waals surface area contributed by atoms with Crippen LogP contribution in [0.5, 0.6) is 5.75 Å². The van der Waals surface area contributed by atoms with Crippen molar-refractivity contribution in [1.82, 2.24) is 15.3 Å². The van der Waals surface area contributed by atoms with E-state index in [9.17, 15) is 8.42 Å². The zero-order valence-corrected chi connectivity index (χ0v) is 24.4. The lowest BCUT2D eigenvalue weighted by molar-refractivity contribution is 0.377. The number of nitrogens with one attached hydrogen (secondary N) is 3. The average molecular weight is 563 g/mol. The van der Waals surface area contributed by atoms with Crippen molar-refractivity contribution < 1.29 is 13.2 Å². The Bertz CT molecular complexity index is 1530. The molecular weight excluding hydrogens is 524 g/mol. The lowest BCUT2D eigenvalue weighted by atomic mass is 9.98. The van der Waals surface area contributed by atoms with E-state index in [1.54, 1.807) is 18.3 Å². The summed E-state index contributed by atoms with van der Waals surface area (Å²) in [5, 5.41) is 8.36. The number of rotatable bonds is 11. The van der Waals surface area contributed by atoms with Gasteiger partial charge in [-0.25, -0.2) is 23.4 Å². The Balaban J connectivity index is 1.73. The van der Waals surface area contributed by atoms with E-state index < -0.39 is 10.0 Å².